The van der Waals surface area contributed by atoms with Crippen LogP contribution in [0, 0.1) is 3.57 Å². The molecular formula is C14H13IN2O4S. The van der Waals surface area contributed by atoms with Crippen LogP contribution in [-0.4, -0.2) is 21.4 Å². The number of benzene rings is 2. The zero-order chi connectivity index (χ0) is 16.3. The topological polar surface area (TPSA) is 98.5 Å². The zero-order valence-electron chi connectivity index (χ0n) is 11.5. The van der Waals surface area contributed by atoms with Crippen molar-refractivity contribution in [1.29, 1.82) is 0 Å². The number of carbonyl (C=O) groups excluding carboxylic acids is 1. The minimum atomic E-state index is -3.81. The largest absolute Gasteiger partial charge is 0.496 e. The minimum Gasteiger partial charge on any atom is -0.496 e. The van der Waals surface area contributed by atoms with Gasteiger partial charge >= 0.3 is 0 Å². The first-order valence-corrected chi connectivity index (χ1v) is 8.71. The van der Waals surface area contributed by atoms with Crippen LogP contribution in [0.5, 0.6) is 5.75 Å². The number of carbonyl (C=O) groups is 1. The fraction of sp³-hybridized carbons (Fsp3) is 0.0714. The van der Waals surface area contributed by atoms with Crippen molar-refractivity contribution in [3.63, 3.8) is 0 Å². The molecule has 0 fully saturated rings. The van der Waals surface area contributed by atoms with Crippen LogP contribution in [0.4, 0.5) is 5.69 Å². The normalized spacial score (nSPS) is 11.0. The molecule has 0 atom stereocenters. The number of methoxy groups -OCH3 is 1. The van der Waals surface area contributed by atoms with E-state index < -0.39 is 10.0 Å². The maximum atomic E-state index is 12.2. The standard InChI is InChI=1S/C14H13IN2O4S/c1-21-13-6-5-9(7-12(13)15)14(18)17-10-3-2-4-11(8-10)22(16,19)20/h2-8H,1H3,(H,17,18)(H2,16,19,20). The number of primary sulfonamides is 1. The van der Waals surface area contributed by atoms with E-state index in [2.05, 4.69) is 27.9 Å². The molecule has 0 saturated carbocycles. The third-order valence-electron chi connectivity index (χ3n) is 2.83. The maximum absolute atomic E-state index is 12.2. The fourth-order valence-electron chi connectivity index (χ4n) is 1.76. The van der Waals surface area contributed by atoms with Crippen LogP contribution < -0.4 is 15.2 Å². The lowest BCUT2D eigenvalue weighted by atomic mass is 10.2. The van der Waals surface area contributed by atoms with Gasteiger partial charge in [-0.2, -0.15) is 0 Å². The molecule has 0 heterocycles. The average molecular weight is 432 g/mol. The highest BCUT2D eigenvalue weighted by Crippen LogP contribution is 2.22. The lowest BCUT2D eigenvalue weighted by Gasteiger charge is -2.08. The van der Waals surface area contributed by atoms with Crippen molar-refractivity contribution < 1.29 is 17.9 Å². The molecule has 2 aromatic carbocycles. The summed E-state index contributed by atoms with van der Waals surface area (Å²) in [6, 6.07) is 10.8. The second-order valence-corrected chi connectivity index (χ2v) is 7.10. The third-order valence-corrected chi connectivity index (χ3v) is 4.59. The number of amides is 1. The minimum absolute atomic E-state index is 0.0605. The number of rotatable bonds is 4. The summed E-state index contributed by atoms with van der Waals surface area (Å²) in [5, 5.41) is 7.70. The van der Waals surface area contributed by atoms with E-state index >= 15 is 0 Å². The van der Waals surface area contributed by atoms with Gasteiger partial charge in [0.2, 0.25) is 10.0 Å². The number of anilines is 1. The zero-order valence-corrected chi connectivity index (χ0v) is 14.5. The quantitative estimate of drug-likeness (QED) is 0.724. The van der Waals surface area contributed by atoms with Crippen molar-refractivity contribution in [2.24, 2.45) is 5.14 Å². The smallest absolute Gasteiger partial charge is 0.255 e. The number of hydrogen-bond donors (Lipinski definition) is 2. The second kappa shape index (κ2) is 6.63. The van der Waals surface area contributed by atoms with Crippen LogP contribution in [-0.2, 0) is 10.0 Å². The summed E-state index contributed by atoms with van der Waals surface area (Å²) in [6.07, 6.45) is 0. The van der Waals surface area contributed by atoms with Crippen LogP contribution in [0.1, 0.15) is 10.4 Å². The second-order valence-electron chi connectivity index (χ2n) is 4.38. The number of halogens is 1. The Labute approximate surface area is 141 Å². The molecule has 2 rings (SSSR count). The van der Waals surface area contributed by atoms with Gasteiger partial charge in [-0.1, -0.05) is 6.07 Å². The Balaban J connectivity index is 2.24. The molecule has 116 valence electrons. The summed E-state index contributed by atoms with van der Waals surface area (Å²) >= 11 is 2.07. The molecule has 0 aromatic heterocycles. The van der Waals surface area contributed by atoms with Gasteiger partial charge in [0.05, 0.1) is 15.6 Å². The Bertz CT molecular complexity index is 821. The van der Waals surface area contributed by atoms with Crippen molar-refractivity contribution >= 4 is 44.2 Å². The Morgan fingerprint density at radius 2 is 1.95 bits per heavy atom. The summed E-state index contributed by atoms with van der Waals surface area (Å²) in [7, 11) is -2.26. The van der Waals surface area contributed by atoms with Gasteiger partial charge < -0.3 is 10.1 Å². The molecule has 1 amide bonds. The van der Waals surface area contributed by atoms with Gasteiger partial charge in [0, 0.05) is 11.3 Å². The summed E-state index contributed by atoms with van der Waals surface area (Å²) in [6.45, 7) is 0. The summed E-state index contributed by atoms with van der Waals surface area (Å²) in [5.74, 6) is 0.320. The summed E-state index contributed by atoms with van der Waals surface area (Å²) < 4.78 is 28.5. The van der Waals surface area contributed by atoms with Gasteiger partial charge in [0.1, 0.15) is 5.75 Å². The molecule has 3 N–H and O–H groups in total. The van der Waals surface area contributed by atoms with E-state index in [9.17, 15) is 13.2 Å². The first kappa shape index (κ1) is 16.7. The molecule has 22 heavy (non-hydrogen) atoms. The number of hydrogen-bond acceptors (Lipinski definition) is 4. The molecule has 2 aromatic rings. The summed E-state index contributed by atoms with van der Waals surface area (Å²) in [4.78, 5) is 12.1. The monoisotopic (exact) mass is 432 g/mol. The average Bonchev–Trinajstić information content (AvgIpc) is 2.46. The van der Waals surface area contributed by atoms with Gasteiger partial charge in [0.25, 0.3) is 5.91 Å². The molecule has 0 bridgehead atoms. The Morgan fingerprint density at radius 3 is 2.55 bits per heavy atom. The van der Waals surface area contributed by atoms with Crippen LogP contribution in [0.25, 0.3) is 0 Å². The molecule has 0 spiro atoms. The molecular weight excluding hydrogens is 419 g/mol. The van der Waals surface area contributed by atoms with Crippen molar-refractivity contribution in [2.45, 2.75) is 4.90 Å². The van der Waals surface area contributed by atoms with E-state index in [1.54, 1.807) is 31.4 Å². The van der Waals surface area contributed by atoms with Gasteiger partial charge in [-0.05, 0) is 59.0 Å². The molecule has 8 heteroatoms. The fourth-order valence-corrected chi connectivity index (χ4v) is 3.06. The van der Waals surface area contributed by atoms with Crippen LogP contribution in [0.2, 0.25) is 0 Å². The number of nitrogens with one attached hydrogen (secondary N) is 1. The van der Waals surface area contributed by atoms with E-state index in [0.29, 0.717) is 17.0 Å². The molecule has 0 aliphatic rings. The maximum Gasteiger partial charge on any atom is 0.255 e. The Morgan fingerprint density at radius 1 is 1.23 bits per heavy atom. The highest BCUT2D eigenvalue weighted by atomic mass is 127. The molecule has 0 aliphatic heterocycles. The van der Waals surface area contributed by atoms with Crippen molar-refractivity contribution in [2.75, 3.05) is 12.4 Å². The molecule has 6 nitrogen and oxygen atoms in total. The highest BCUT2D eigenvalue weighted by Gasteiger charge is 2.12. The van der Waals surface area contributed by atoms with Crippen LogP contribution in [0.3, 0.4) is 0 Å². The predicted octanol–water partition coefficient (Wildman–Crippen LogP) is 2.20. The van der Waals surface area contributed by atoms with Crippen molar-refractivity contribution in [1.82, 2.24) is 0 Å². The number of ether oxygens (including phenoxy) is 1. The van der Waals surface area contributed by atoms with E-state index in [4.69, 9.17) is 9.88 Å². The van der Waals surface area contributed by atoms with Crippen LogP contribution in [0.15, 0.2) is 47.4 Å². The molecule has 0 aliphatic carbocycles. The number of nitrogens with two attached hydrogens (primary N) is 1. The van der Waals surface area contributed by atoms with Gasteiger partial charge in [-0.15, -0.1) is 0 Å². The van der Waals surface area contributed by atoms with E-state index in [1.807, 2.05) is 0 Å². The first-order valence-electron chi connectivity index (χ1n) is 6.09. The van der Waals surface area contributed by atoms with Gasteiger partial charge in [-0.25, -0.2) is 13.6 Å². The van der Waals surface area contributed by atoms with Crippen molar-refractivity contribution in [3.05, 3.63) is 51.6 Å². The first-order chi connectivity index (χ1) is 10.3. The van der Waals surface area contributed by atoms with Gasteiger partial charge in [0.15, 0.2) is 0 Å². The Hall–Kier alpha value is -1.65. The SMILES string of the molecule is COc1ccc(C(=O)Nc2cccc(S(N)(=O)=O)c2)cc1I. The van der Waals surface area contributed by atoms with E-state index in [1.165, 1.54) is 18.2 Å². The highest BCUT2D eigenvalue weighted by molar-refractivity contribution is 14.1. The van der Waals surface area contributed by atoms with E-state index in [-0.39, 0.29) is 10.8 Å². The molecule has 0 radical (unpaired) electrons. The predicted molar refractivity (Wildman–Crippen MR) is 91.5 cm³/mol. The lowest BCUT2D eigenvalue weighted by Crippen LogP contribution is -2.15. The summed E-state index contributed by atoms with van der Waals surface area (Å²) in [5.41, 5.74) is 0.786. The molecule has 0 saturated heterocycles. The Kier molecular flexibility index (Phi) is 5.04. The third kappa shape index (κ3) is 3.96. The van der Waals surface area contributed by atoms with Crippen molar-refractivity contribution in [3.8, 4) is 5.75 Å². The lowest BCUT2D eigenvalue weighted by molar-refractivity contribution is 0.102. The van der Waals surface area contributed by atoms with Crippen LogP contribution >= 0.6 is 22.6 Å². The van der Waals surface area contributed by atoms with Gasteiger partial charge in [-0.3, -0.25) is 4.79 Å². The number of sulfonamides is 1. The van der Waals surface area contributed by atoms with E-state index in [0.717, 1.165) is 3.57 Å². The molecule has 0 unspecified atom stereocenters.